The molecule has 0 radical (unpaired) electrons. The van der Waals surface area contributed by atoms with Gasteiger partial charge in [-0.15, -0.1) is 0 Å². The van der Waals surface area contributed by atoms with Gasteiger partial charge in [-0.05, 0) is 45.2 Å². The van der Waals surface area contributed by atoms with Crippen molar-refractivity contribution >= 4 is 16.6 Å². The molecule has 0 heterocycles. The normalized spacial score (nSPS) is 13.1. The van der Waals surface area contributed by atoms with E-state index in [9.17, 15) is 0 Å². The van der Waals surface area contributed by atoms with E-state index >= 15 is 0 Å². The van der Waals surface area contributed by atoms with Gasteiger partial charge in [0.15, 0.2) is 16.6 Å². The second-order valence-electron chi connectivity index (χ2n) is 7.18. The largest absolute Gasteiger partial charge is 0.418 e. The maximum atomic E-state index is 6.21. The molecule has 0 aromatic carbocycles. The van der Waals surface area contributed by atoms with Gasteiger partial charge in [0.1, 0.15) is 0 Å². The summed E-state index contributed by atoms with van der Waals surface area (Å²) in [5.41, 5.74) is 0. The molecular formula is C17H40O2Si2. The van der Waals surface area contributed by atoms with E-state index in [-0.39, 0.29) is 0 Å². The van der Waals surface area contributed by atoms with Crippen LogP contribution in [0.4, 0.5) is 0 Å². The van der Waals surface area contributed by atoms with E-state index in [0.717, 1.165) is 13.2 Å². The van der Waals surface area contributed by atoms with Crippen LogP contribution in [0.2, 0.25) is 31.4 Å². The Morgan fingerprint density at radius 2 is 1.10 bits per heavy atom. The van der Waals surface area contributed by atoms with Crippen molar-refractivity contribution in [1.82, 2.24) is 0 Å². The predicted octanol–water partition coefficient (Wildman–Crippen LogP) is 6.13. The van der Waals surface area contributed by atoms with E-state index < -0.39 is 16.6 Å². The molecule has 0 bridgehead atoms. The second kappa shape index (κ2) is 11.0. The average molecular weight is 333 g/mol. The molecule has 0 aromatic heterocycles. The number of rotatable bonds is 13. The number of unbranched alkanes of at least 4 members (excludes halogenated alkanes) is 5. The molecule has 0 N–H and O–H groups in total. The topological polar surface area (TPSA) is 18.5 Å². The summed E-state index contributed by atoms with van der Waals surface area (Å²) in [5.74, 6) is 0. The molecule has 21 heavy (non-hydrogen) atoms. The zero-order valence-corrected chi connectivity index (χ0v) is 17.8. The van der Waals surface area contributed by atoms with Crippen molar-refractivity contribution in [3.8, 4) is 0 Å². The molecule has 0 unspecified atom stereocenters. The third-order valence-corrected chi connectivity index (χ3v) is 14.7. The van der Waals surface area contributed by atoms with Crippen LogP contribution in [0, 0.1) is 0 Å². The molecular weight excluding hydrogens is 292 g/mol. The van der Waals surface area contributed by atoms with Gasteiger partial charge in [-0.2, -0.15) is 0 Å². The highest BCUT2D eigenvalue weighted by Gasteiger charge is 2.45. The summed E-state index contributed by atoms with van der Waals surface area (Å²) in [6.45, 7) is 17.8. The Balaban J connectivity index is 4.53. The lowest BCUT2D eigenvalue weighted by molar-refractivity contribution is 0.299. The van der Waals surface area contributed by atoms with Crippen molar-refractivity contribution in [2.24, 2.45) is 0 Å². The molecule has 0 aromatic rings. The van der Waals surface area contributed by atoms with Crippen LogP contribution < -0.4 is 0 Å². The third kappa shape index (κ3) is 8.53. The quantitative estimate of drug-likeness (QED) is 0.298. The molecule has 4 heteroatoms. The highest BCUT2D eigenvalue weighted by atomic mass is 28.4. The van der Waals surface area contributed by atoms with Gasteiger partial charge in [0, 0.05) is 13.2 Å². The van der Waals surface area contributed by atoms with E-state index in [0.29, 0.717) is 5.16 Å². The Hall–Kier alpha value is 0.354. The Bertz CT molecular complexity index is 237. The molecule has 0 aliphatic heterocycles. The van der Waals surface area contributed by atoms with Gasteiger partial charge in [0.2, 0.25) is 0 Å². The van der Waals surface area contributed by atoms with Crippen molar-refractivity contribution in [2.75, 3.05) is 13.2 Å². The highest BCUT2D eigenvalue weighted by Crippen LogP contribution is 2.38. The second-order valence-corrected chi connectivity index (χ2v) is 16.1. The Kier molecular flexibility index (Phi) is 11.2. The zero-order chi connectivity index (χ0) is 16.4. The van der Waals surface area contributed by atoms with Gasteiger partial charge in [0.25, 0.3) is 0 Å². The monoisotopic (exact) mass is 332 g/mol. The van der Waals surface area contributed by atoms with Gasteiger partial charge in [-0.1, -0.05) is 51.9 Å². The molecule has 0 rings (SSSR count). The van der Waals surface area contributed by atoms with Gasteiger partial charge >= 0.3 is 0 Å². The average Bonchev–Trinajstić information content (AvgIpc) is 2.36. The molecule has 0 saturated heterocycles. The molecule has 0 spiro atoms. The van der Waals surface area contributed by atoms with Crippen LogP contribution in [-0.2, 0) is 8.85 Å². The van der Waals surface area contributed by atoms with Gasteiger partial charge in [-0.25, -0.2) is 0 Å². The molecule has 0 saturated carbocycles. The van der Waals surface area contributed by atoms with Crippen molar-refractivity contribution in [3.63, 3.8) is 0 Å². The molecule has 2 nitrogen and oxygen atoms in total. The van der Waals surface area contributed by atoms with Crippen molar-refractivity contribution in [3.05, 3.63) is 0 Å². The summed E-state index contributed by atoms with van der Waals surface area (Å²) in [6.07, 6.45) is 9.56. The van der Waals surface area contributed by atoms with Gasteiger partial charge in [0.05, 0.1) is 0 Å². The Morgan fingerprint density at radius 3 is 1.52 bits per heavy atom. The molecule has 0 amide bonds. The fraction of sp³-hybridized carbons (Fsp3) is 1.00. The molecule has 0 aliphatic carbocycles. The standard InChI is InChI=1S/C17H40O2Si2/c1-8-11-12-13-14-15-16-17(20(4,5)18-9-2)21(6,7)19-10-3/h17H,8-16H2,1-7H3. The van der Waals surface area contributed by atoms with Gasteiger partial charge in [-0.3, -0.25) is 0 Å². The van der Waals surface area contributed by atoms with E-state index in [1.165, 1.54) is 44.9 Å². The first-order valence-corrected chi connectivity index (χ1v) is 15.1. The zero-order valence-electron chi connectivity index (χ0n) is 15.8. The summed E-state index contributed by atoms with van der Waals surface area (Å²) < 4.78 is 12.4. The minimum atomic E-state index is -1.64. The lowest BCUT2D eigenvalue weighted by atomic mass is 10.1. The maximum absolute atomic E-state index is 6.21. The van der Waals surface area contributed by atoms with Crippen LogP contribution >= 0.6 is 0 Å². The summed E-state index contributed by atoms with van der Waals surface area (Å²) in [5, 5.41) is 0.705. The summed E-state index contributed by atoms with van der Waals surface area (Å²) in [4.78, 5) is 0. The summed E-state index contributed by atoms with van der Waals surface area (Å²) in [6, 6.07) is 0. The Morgan fingerprint density at radius 1 is 0.667 bits per heavy atom. The fourth-order valence-electron chi connectivity index (χ4n) is 3.61. The molecule has 128 valence electrons. The van der Waals surface area contributed by atoms with Crippen molar-refractivity contribution < 1.29 is 8.85 Å². The predicted molar refractivity (Wildman–Crippen MR) is 100.0 cm³/mol. The highest BCUT2D eigenvalue weighted by molar-refractivity contribution is 6.91. The first-order chi connectivity index (χ1) is 9.81. The molecule has 0 aliphatic rings. The van der Waals surface area contributed by atoms with Crippen LogP contribution in [0.3, 0.4) is 0 Å². The van der Waals surface area contributed by atoms with E-state index in [4.69, 9.17) is 8.85 Å². The van der Waals surface area contributed by atoms with Gasteiger partial charge < -0.3 is 8.85 Å². The first-order valence-electron chi connectivity index (χ1n) is 9.09. The number of hydrogen-bond donors (Lipinski definition) is 0. The fourth-order valence-corrected chi connectivity index (χ4v) is 14.5. The third-order valence-electron chi connectivity index (χ3n) is 4.56. The molecule has 0 atom stereocenters. The minimum Gasteiger partial charge on any atom is -0.418 e. The van der Waals surface area contributed by atoms with Crippen LogP contribution in [0.25, 0.3) is 0 Å². The van der Waals surface area contributed by atoms with Crippen molar-refractivity contribution in [2.45, 2.75) is 97.1 Å². The van der Waals surface area contributed by atoms with E-state index in [1.807, 2.05) is 0 Å². The van der Waals surface area contributed by atoms with Crippen LogP contribution in [0.5, 0.6) is 0 Å². The van der Waals surface area contributed by atoms with Crippen LogP contribution in [0.15, 0.2) is 0 Å². The van der Waals surface area contributed by atoms with E-state index in [2.05, 4.69) is 47.0 Å². The van der Waals surface area contributed by atoms with Crippen LogP contribution in [-0.4, -0.2) is 29.8 Å². The van der Waals surface area contributed by atoms with Crippen molar-refractivity contribution in [1.29, 1.82) is 0 Å². The first kappa shape index (κ1) is 21.4. The van der Waals surface area contributed by atoms with E-state index in [1.54, 1.807) is 0 Å². The van der Waals surface area contributed by atoms with Crippen LogP contribution in [0.1, 0.15) is 65.7 Å². The Labute approximate surface area is 136 Å². The SMILES string of the molecule is CCCCCCCCC([Si](C)(C)OCC)[Si](C)(C)OCC. The lowest BCUT2D eigenvalue weighted by Crippen LogP contribution is -2.51. The minimum absolute atomic E-state index is 0.705. The maximum Gasteiger partial charge on any atom is 0.189 e. The number of hydrogen-bond acceptors (Lipinski definition) is 2. The molecule has 0 fully saturated rings. The lowest BCUT2D eigenvalue weighted by Gasteiger charge is -2.41. The summed E-state index contributed by atoms with van der Waals surface area (Å²) in [7, 11) is -3.29. The smallest absolute Gasteiger partial charge is 0.189 e. The summed E-state index contributed by atoms with van der Waals surface area (Å²) >= 11 is 0.